The van der Waals surface area contributed by atoms with Crippen LogP contribution in [0.4, 0.5) is 5.69 Å². The molecule has 0 unspecified atom stereocenters. The normalized spacial score (nSPS) is 24.4. The van der Waals surface area contributed by atoms with Crippen LogP contribution in [0, 0.1) is 11.3 Å². The molecule has 0 bridgehead atoms. The first-order valence-electron chi connectivity index (χ1n) is 11.4. The Labute approximate surface area is 191 Å². The van der Waals surface area contributed by atoms with Gasteiger partial charge in [0.25, 0.3) is 0 Å². The number of ether oxygens (including phenoxy) is 1. The molecule has 170 valence electrons. The molecular formula is C25H31N3O3S. The lowest BCUT2D eigenvalue weighted by Gasteiger charge is -2.36. The van der Waals surface area contributed by atoms with E-state index in [-0.39, 0.29) is 6.04 Å². The second kappa shape index (κ2) is 9.51. The van der Waals surface area contributed by atoms with Crippen molar-refractivity contribution >= 4 is 15.7 Å². The zero-order valence-electron chi connectivity index (χ0n) is 18.6. The van der Waals surface area contributed by atoms with Crippen LogP contribution in [0.1, 0.15) is 50.5 Å². The van der Waals surface area contributed by atoms with E-state index in [1.807, 2.05) is 36.4 Å². The minimum absolute atomic E-state index is 0.256. The molecule has 0 amide bonds. The Kier molecular flexibility index (Phi) is 6.73. The van der Waals surface area contributed by atoms with Gasteiger partial charge in [0.1, 0.15) is 5.75 Å². The molecule has 2 aliphatic rings. The van der Waals surface area contributed by atoms with E-state index in [1.54, 1.807) is 23.5 Å². The summed E-state index contributed by atoms with van der Waals surface area (Å²) in [6.07, 6.45) is 6.25. The van der Waals surface area contributed by atoms with Crippen LogP contribution in [0.5, 0.6) is 5.75 Å². The van der Waals surface area contributed by atoms with E-state index in [2.05, 4.69) is 11.4 Å². The number of hydrogen-bond donors (Lipinski definition) is 1. The van der Waals surface area contributed by atoms with E-state index in [9.17, 15) is 13.7 Å². The molecule has 1 heterocycles. The van der Waals surface area contributed by atoms with Gasteiger partial charge in [0, 0.05) is 24.8 Å². The fourth-order valence-corrected chi connectivity index (χ4v) is 6.37. The maximum absolute atomic E-state index is 12.8. The van der Waals surface area contributed by atoms with Crippen LogP contribution in [0.15, 0.2) is 53.4 Å². The van der Waals surface area contributed by atoms with Crippen molar-refractivity contribution in [1.29, 1.82) is 5.26 Å². The number of nitrogens with one attached hydrogen (secondary N) is 1. The lowest BCUT2D eigenvalue weighted by Crippen LogP contribution is -2.36. The smallest absolute Gasteiger partial charge is 0.243 e. The number of sulfonamides is 1. The van der Waals surface area contributed by atoms with Crippen LogP contribution in [0.3, 0.4) is 0 Å². The molecule has 1 N–H and O–H groups in total. The van der Waals surface area contributed by atoms with Crippen LogP contribution >= 0.6 is 0 Å². The Morgan fingerprint density at radius 2 is 1.75 bits per heavy atom. The Morgan fingerprint density at radius 3 is 2.38 bits per heavy atom. The topological polar surface area (TPSA) is 82.4 Å². The van der Waals surface area contributed by atoms with E-state index in [0.717, 1.165) is 61.9 Å². The summed E-state index contributed by atoms with van der Waals surface area (Å²) in [7, 11) is -1.77. The molecule has 0 spiro atoms. The maximum Gasteiger partial charge on any atom is 0.243 e. The average Bonchev–Trinajstić information content (AvgIpc) is 2.85. The number of methoxy groups -OCH3 is 1. The van der Waals surface area contributed by atoms with Gasteiger partial charge in [-0.3, -0.25) is 0 Å². The van der Waals surface area contributed by atoms with Crippen LogP contribution in [0.2, 0.25) is 0 Å². The van der Waals surface area contributed by atoms with E-state index in [4.69, 9.17) is 4.74 Å². The van der Waals surface area contributed by atoms with Crippen LogP contribution in [-0.4, -0.2) is 39.0 Å². The molecular weight excluding hydrogens is 422 g/mol. The van der Waals surface area contributed by atoms with Crippen molar-refractivity contribution in [3.8, 4) is 11.8 Å². The van der Waals surface area contributed by atoms with Gasteiger partial charge in [0.2, 0.25) is 10.0 Å². The van der Waals surface area contributed by atoms with Crippen LogP contribution < -0.4 is 10.1 Å². The summed E-state index contributed by atoms with van der Waals surface area (Å²) in [4.78, 5) is 0.357. The minimum Gasteiger partial charge on any atom is -0.497 e. The highest BCUT2D eigenvalue weighted by molar-refractivity contribution is 7.89. The number of piperidine rings is 1. The molecule has 0 radical (unpaired) electrons. The summed E-state index contributed by atoms with van der Waals surface area (Å²) in [5, 5.41) is 13.5. The molecule has 2 aromatic rings. The van der Waals surface area contributed by atoms with E-state index in [0.29, 0.717) is 18.0 Å². The molecule has 2 aromatic carbocycles. The highest BCUT2D eigenvalue weighted by Gasteiger charge is 2.37. The molecule has 2 fully saturated rings. The number of benzene rings is 2. The van der Waals surface area contributed by atoms with Crippen molar-refractivity contribution in [2.45, 2.75) is 61.3 Å². The van der Waals surface area contributed by atoms with Crippen molar-refractivity contribution in [2.75, 3.05) is 25.5 Å². The van der Waals surface area contributed by atoms with Gasteiger partial charge in [0.05, 0.1) is 23.5 Å². The van der Waals surface area contributed by atoms with Crippen molar-refractivity contribution < 1.29 is 13.2 Å². The first kappa shape index (κ1) is 22.6. The summed E-state index contributed by atoms with van der Waals surface area (Å²) in [5.74, 6) is 0.775. The summed E-state index contributed by atoms with van der Waals surface area (Å²) in [5.41, 5.74) is 1.45. The molecule has 1 saturated carbocycles. The third kappa shape index (κ3) is 4.62. The summed E-state index contributed by atoms with van der Waals surface area (Å²) in [6.45, 7) is 1.22. The number of nitriles is 1. The highest BCUT2D eigenvalue weighted by Crippen LogP contribution is 2.40. The van der Waals surface area contributed by atoms with Gasteiger partial charge in [0.15, 0.2) is 0 Å². The molecule has 6 nitrogen and oxygen atoms in total. The van der Waals surface area contributed by atoms with Gasteiger partial charge in [-0.1, -0.05) is 18.6 Å². The van der Waals surface area contributed by atoms with Crippen molar-refractivity contribution in [1.82, 2.24) is 4.31 Å². The lowest BCUT2D eigenvalue weighted by molar-refractivity contribution is 0.342. The zero-order valence-corrected chi connectivity index (χ0v) is 19.4. The van der Waals surface area contributed by atoms with Crippen molar-refractivity contribution in [2.24, 2.45) is 0 Å². The Hall–Kier alpha value is -2.56. The quantitative estimate of drug-likeness (QED) is 0.686. The average molecular weight is 454 g/mol. The Morgan fingerprint density at radius 1 is 1.06 bits per heavy atom. The SMILES string of the molecule is COc1cccc(C2(C#N)CCC(Nc3ccc(S(=O)(=O)N4CCCCC4)cc3)CC2)c1. The second-order valence-electron chi connectivity index (χ2n) is 8.83. The van der Waals surface area contributed by atoms with E-state index >= 15 is 0 Å². The number of nitrogens with zero attached hydrogens (tertiary/aromatic N) is 2. The van der Waals surface area contributed by atoms with Gasteiger partial charge >= 0.3 is 0 Å². The van der Waals surface area contributed by atoms with Gasteiger partial charge in [-0.05, 0) is 80.5 Å². The van der Waals surface area contributed by atoms with E-state index < -0.39 is 15.4 Å². The Bertz CT molecular complexity index is 1060. The third-order valence-corrected chi connectivity index (χ3v) is 8.77. The van der Waals surface area contributed by atoms with Crippen molar-refractivity contribution in [3.63, 3.8) is 0 Å². The standard InChI is InChI=1S/C25H31N3O3S/c1-31-23-7-5-6-20(18-23)25(19-26)14-12-22(13-15-25)27-21-8-10-24(11-9-21)32(29,30)28-16-3-2-4-17-28/h5-11,18,22,27H,2-4,12-17H2,1H3. The summed E-state index contributed by atoms with van der Waals surface area (Å²) < 4.78 is 32.6. The predicted molar refractivity (Wildman–Crippen MR) is 125 cm³/mol. The number of rotatable bonds is 6. The molecule has 0 atom stereocenters. The van der Waals surface area contributed by atoms with Gasteiger partial charge in [-0.25, -0.2) is 8.42 Å². The fraction of sp³-hybridized carbons (Fsp3) is 0.480. The first-order valence-corrected chi connectivity index (χ1v) is 12.8. The molecule has 0 aromatic heterocycles. The van der Waals surface area contributed by atoms with E-state index in [1.165, 1.54) is 0 Å². The molecule has 1 saturated heterocycles. The zero-order chi connectivity index (χ0) is 22.6. The third-order valence-electron chi connectivity index (χ3n) is 6.85. The second-order valence-corrected chi connectivity index (χ2v) is 10.8. The first-order chi connectivity index (χ1) is 15.5. The minimum atomic E-state index is -3.41. The maximum atomic E-state index is 12.8. The lowest BCUT2D eigenvalue weighted by atomic mass is 9.69. The van der Waals surface area contributed by atoms with Gasteiger partial charge in [-0.2, -0.15) is 9.57 Å². The number of hydrogen-bond acceptors (Lipinski definition) is 5. The fourth-order valence-electron chi connectivity index (χ4n) is 4.85. The molecule has 7 heteroatoms. The van der Waals surface area contributed by atoms with Gasteiger partial charge in [-0.15, -0.1) is 0 Å². The monoisotopic (exact) mass is 453 g/mol. The predicted octanol–water partition coefficient (Wildman–Crippen LogP) is 4.69. The highest BCUT2D eigenvalue weighted by atomic mass is 32.2. The molecule has 4 rings (SSSR count). The van der Waals surface area contributed by atoms with Gasteiger partial charge < -0.3 is 10.1 Å². The van der Waals surface area contributed by atoms with Crippen LogP contribution in [0.25, 0.3) is 0 Å². The Balaban J connectivity index is 1.39. The molecule has 1 aliphatic heterocycles. The van der Waals surface area contributed by atoms with Crippen molar-refractivity contribution in [3.05, 3.63) is 54.1 Å². The summed E-state index contributed by atoms with van der Waals surface area (Å²) in [6, 6.07) is 17.8. The molecule has 32 heavy (non-hydrogen) atoms. The number of anilines is 1. The largest absolute Gasteiger partial charge is 0.497 e. The molecule has 1 aliphatic carbocycles. The summed E-state index contributed by atoms with van der Waals surface area (Å²) >= 11 is 0. The van der Waals surface area contributed by atoms with Crippen LogP contribution in [-0.2, 0) is 15.4 Å².